The van der Waals surface area contributed by atoms with E-state index in [1.807, 2.05) is 0 Å². The Morgan fingerprint density at radius 3 is 2.48 bits per heavy atom. The summed E-state index contributed by atoms with van der Waals surface area (Å²) in [4.78, 5) is 5.19. The minimum absolute atomic E-state index is 0.274. The summed E-state index contributed by atoms with van der Waals surface area (Å²) in [6.45, 7) is 14.0. The Bertz CT molecular complexity index is 704. The lowest BCUT2D eigenvalue weighted by atomic mass is 9.90. The van der Waals surface area contributed by atoms with Gasteiger partial charge in [-0.1, -0.05) is 44.8 Å². The number of hydrogen-bond donors (Lipinski definition) is 1. The van der Waals surface area contributed by atoms with E-state index >= 15 is 0 Å². The minimum Gasteiger partial charge on any atom is -0.493 e. The molecule has 0 bridgehead atoms. The SMILES string of the molecule is CC(C)=CCN(c1ccc(OCC2CCCCC2)cc1)C1CCCN(CC(N)CC(C)C)C1. The summed E-state index contributed by atoms with van der Waals surface area (Å²) < 4.78 is 6.16. The lowest BCUT2D eigenvalue weighted by molar-refractivity contribution is 0.188. The van der Waals surface area contributed by atoms with E-state index in [-0.39, 0.29) is 6.04 Å². The molecule has 4 nitrogen and oxygen atoms in total. The minimum atomic E-state index is 0.274. The van der Waals surface area contributed by atoms with E-state index in [0.717, 1.165) is 44.3 Å². The number of anilines is 1. The van der Waals surface area contributed by atoms with E-state index < -0.39 is 0 Å². The molecule has 2 atom stereocenters. The number of hydrogen-bond acceptors (Lipinski definition) is 4. The van der Waals surface area contributed by atoms with Crippen LogP contribution in [0.3, 0.4) is 0 Å². The van der Waals surface area contributed by atoms with Crippen LogP contribution in [-0.2, 0) is 0 Å². The molecule has 1 heterocycles. The molecular formula is C29H49N3O. The maximum atomic E-state index is 6.46. The summed E-state index contributed by atoms with van der Waals surface area (Å²) in [5.41, 5.74) is 9.13. The number of rotatable bonds is 11. The second kappa shape index (κ2) is 13.4. The Morgan fingerprint density at radius 2 is 1.82 bits per heavy atom. The van der Waals surface area contributed by atoms with Gasteiger partial charge in [0.1, 0.15) is 5.75 Å². The lowest BCUT2D eigenvalue weighted by Gasteiger charge is -2.41. The molecule has 1 saturated carbocycles. The maximum Gasteiger partial charge on any atom is 0.119 e. The van der Waals surface area contributed by atoms with Crippen molar-refractivity contribution in [2.75, 3.05) is 37.7 Å². The highest BCUT2D eigenvalue weighted by Gasteiger charge is 2.26. The standard InChI is InChI=1S/C29H49N3O/c1-23(2)16-18-32(28-11-8-17-31(21-28)20-26(30)19-24(3)4)27-12-14-29(15-13-27)33-22-25-9-6-5-7-10-25/h12-16,24-26,28H,5-11,17-22,30H2,1-4H3. The third-order valence-corrected chi connectivity index (χ3v) is 7.26. The smallest absolute Gasteiger partial charge is 0.119 e. The average molecular weight is 456 g/mol. The fourth-order valence-electron chi connectivity index (χ4n) is 5.51. The Labute approximate surface area is 203 Å². The first-order valence-electron chi connectivity index (χ1n) is 13.5. The molecule has 2 N–H and O–H groups in total. The van der Waals surface area contributed by atoms with Gasteiger partial charge in [0.25, 0.3) is 0 Å². The van der Waals surface area contributed by atoms with Gasteiger partial charge in [-0.05, 0) is 88.6 Å². The molecule has 2 unspecified atom stereocenters. The molecule has 1 aliphatic carbocycles. The van der Waals surface area contributed by atoms with E-state index in [9.17, 15) is 0 Å². The topological polar surface area (TPSA) is 41.7 Å². The predicted molar refractivity (Wildman–Crippen MR) is 142 cm³/mol. The van der Waals surface area contributed by atoms with Crippen molar-refractivity contribution in [3.63, 3.8) is 0 Å². The summed E-state index contributed by atoms with van der Waals surface area (Å²) >= 11 is 0. The Hall–Kier alpha value is -1.52. The van der Waals surface area contributed by atoms with Gasteiger partial charge in [0.15, 0.2) is 0 Å². The van der Waals surface area contributed by atoms with Crippen LogP contribution < -0.4 is 15.4 Å². The van der Waals surface area contributed by atoms with Crippen molar-refractivity contribution in [1.29, 1.82) is 0 Å². The van der Waals surface area contributed by atoms with E-state index in [1.54, 1.807) is 0 Å². The largest absolute Gasteiger partial charge is 0.493 e. The van der Waals surface area contributed by atoms with Gasteiger partial charge in [0, 0.05) is 37.4 Å². The van der Waals surface area contributed by atoms with Crippen molar-refractivity contribution in [2.45, 2.75) is 91.1 Å². The van der Waals surface area contributed by atoms with Crippen molar-refractivity contribution in [2.24, 2.45) is 17.6 Å². The van der Waals surface area contributed by atoms with E-state index in [2.05, 4.69) is 67.8 Å². The molecule has 1 aromatic carbocycles. The molecule has 3 rings (SSSR count). The number of nitrogens with two attached hydrogens (primary N) is 1. The zero-order valence-electron chi connectivity index (χ0n) is 21.8. The van der Waals surface area contributed by atoms with Crippen LogP contribution in [-0.4, -0.2) is 49.8 Å². The van der Waals surface area contributed by atoms with Gasteiger partial charge in [0.05, 0.1) is 6.61 Å². The van der Waals surface area contributed by atoms with Crippen LogP contribution in [0.25, 0.3) is 0 Å². The number of nitrogens with zero attached hydrogens (tertiary/aromatic N) is 2. The molecule has 0 spiro atoms. The fraction of sp³-hybridized carbons (Fsp3) is 0.724. The second-order valence-corrected chi connectivity index (χ2v) is 11.2. The van der Waals surface area contributed by atoms with Crippen molar-refractivity contribution in [3.05, 3.63) is 35.9 Å². The first kappa shape index (κ1) is 26.1. The average Bonchev–Trinajstić information content (AvgIpc) is 2.79. The molecule has 4 heteroatoms. The molecule has 0 radical (unpaired) electrons. The van der Waals surface area contributed by atoms with E-state index in [4.69, 9.17) is 10.5 Å². The number of likely N-dealkylation sites (tertiary alicyclic amines) is 1. The van der Waals surface area contributed by atoms with Crippen molar-refractivity contribution in [3.8, 4) is 5.75 Å². The third kappa shape index (κ3) is 8.98. The first-order valence-corrected chi connectivity index (χ1v) is 13.5. The molecule has 2 fully saturated rings. The Kier molecular flexibility index (Phi) is 10.6. The van der Waals surface area contributed by atoms with Gasteiger partial charge in [-0.15, -0.1) is 0 Å². The van der Waals surface area contributed by atoms with Crippen LogP contribution in [0.4, 0.5) is 5.69 Å². The molecule has 0 aromatic heterocycles. The van der Waals surface area contributed by atoms with E-state index in [1.165, 1.54) is 62.8 Å². The zero-order valence-corrected chi connectivity index (χ0v) is 21.8. The monoisotopic (exact) mass is 455 g/mol. The van der Waals surface area contributed by atoms with Gasteiger partial charge >= 0.3 is 0 Å². The van der Waals surface area contributed by atoms with Crippen LogP contribution in [0.5, 0.6) is 5.75 Å². The number of benzene rings is 1. The third-order valence-electron chi connectivity index (χ3n) is 7.26. The molecular weight excluding hydrogens is 406 g/mol. The van der Waals surface area contributed by atoms with Crippen LogP contribution >= 0.6 is 0 Å². The highest BCUT2D eigenvalue weighted by atomic mass is 16.5. The normalized spacial score (nSPS) is 21.1. The Morgan fingerprint density at radius 1 is 1.09 bits per heavy atom. The first-order chi connectivity index (χ1) is 15.9. The van der Waals surface area contributed by atoms with Crippen LogP contribution in [0.1, 0.15) is 79.1 Å². The summed E-state index contributed by atoms with van der Waals surface area (Å²) in [5.74, 6) is 2.41. The summed E-state index contributed by atoms with van der Waals surface area (Å²) in [6, 6.07) is 9.67. The van der Waals surface area contributed by atoms with Crippen LogP contribution in [0, 0.1) is 11.8 Å². The molecule has 2 aliphatic rings. The maximum absolute atomic E-state index is 6.46. The van der Waals surface area contributed by atoms with Gasteiger partial charge in [-0.3, -0.25) is 4.90 Å². The quantitative estimate of drug-likeness (QED) is 0.400. The molecule has 1 saturated heterocycles. The highest BCUT2D eigenvalue weighted by Crippen LogP contribution is 2.28. The molecule has 186 valence electrons. The fourth-order valence-corrected chi connectivity index (χ4v) is 5.51. The number of ether oxygens (including phenoxy) is 1. The predicted octanol–water partition coefficient (Wildman–Crippen LogP) is 6.26. The molecule has 1 aliphatic heterocycles. The van der Waals surface area contributed by atoms with E-state index in [0.29, 0.717) is 12.0 Å². The van der Waals surface area contributed by atoms with Crippen molar-refractivity contribution in [1.82, 2.24) is 4.90 Å². The van der Waals surface area contributed by atoms with Gasteiger partial charge in [0.2, 0.25) is 0 Å². The summed E-state index contributed by atoms with van der Waals surface area (Å²) in [6.07, 6.45) is 12.7. The Balaban J connectivity index is 1.62. The van der Waals surface area contributed by atoms with Gasteiger partial charge < -0.3 is 15.4 Å². The molecule has 1 aromatic rings. The summed E-state index contributed by atoms with van der Waals surface area (Å²) in [5, 5.41) is 0. The van der Waals surface area contributed by atoms with Crippen LogP contribution in [0.15, 0.2) is 35.9 Å². The highest BCUT2D eigenvalue weighted by molar-refractivity contribution is 5.51. The van der Waals surface area contributed by atoms with Crippen molar-refractivity contribution < 1.29 is 4.74 Å². The van der Waals surface area contributed by atoms with Crippen molar-refractivity contribution >= 4 is 5.69 Å². The zero-order chi connectivity index (χ0) is 23.6. The number of allylic oxidation sites excluding steroid dienone is 1. The van der Waals surface area contributed by atoms with Gasteiger partial charge in [-0.2, -0.15) is 0 Å². The second-order valence-electron chi connectivity index (χ2n) is 11.2. The molecule has 0 amide bonds. The molecule has 33 heavy (non-hydrogen) atoms. The van der Waals surface area contributed by atoms with Gasteiger partial charge in [-0.25, -0.2) is 0 Å². The number of piperidine rings is 1. The van der Waals surface area contributed by atoms with Crippen LogP contribution in [0.2, 0.25) is 0 Å². The lowest BCUT2D eigenvalue weighted by Crippen LogP contribution is -2.51. The summed E-state index contributed by atoms with van der Waals surface area (Å²) in [7, 11) is 0.